The molecule has 1 aromatic carbocycles. The average Bonchev–Trinajstić information content (AvgIpc) is 3.31. The molecule has 5 heterocycles. The molecule has 1 aromatic heterocycles. The van der Waals surface area contributed by atoms with Gasteiger partial charge in [0, 0.05) is 56.0 Å². The molecular weight excluding hydrogens is 510 g/mol. The molecule has 2 aromatic rings. The highest BCUT2D eigenvalue weighted by molar-refractivity contribution is 7.11. The van der Waals surface area contributed by atoms with Gasteiger partial charge in [0.25, 0.3) is 0 Å². The minimum Gasteiger partial charge on any atom is -0.342 e. The Labute approximate surface area is 234 Å². The highest BCUT2D eigenvalue weighted by Gasteiger charge is 2.34. The largest absolute Gasteiger partial charge is 0.342 e. The van der Waals surface area contributed by atoms with Crippen LogP contribution in [0.25, 0.3) is 0 Å². The van der Waals surface area contributed by atoms with Crippen molar-refractivity contribution in [3.63, 3.8) is 0 Å². The van der Waals surface area contributed by atoms with Crippen LogP contribution in [0.2, 0.25) is 0 Å². The normalized spacial score (nSPS) is 23.7. The van der Waals surface area contributed by atoms with Gasteiger partial charge in [0.1, 0.15) is 6.04 Å². The summed E-state index contributed by atoms with van der Waals surface area (Å²) in [5, 5.41) is 3.92. The van der Waals surface area contributed by atoms with Gasteiger partial charge < -0.3 is 15.1 Å². The smallest absolute Gasteiger partial charge is 0.246 e. The minimum absolute atomic E-state index is 0.0499. The van der Waals surface area contributed by atoms with E-state index in [1.165, 1.54) is 5.56 Å². The molecule has 0 saturated carbocycles. The fraction of sp³-hybridized carbons (Fsp3) is 0.533. The van der Waals surface area contributed by atoms with Crippen molar-refractivity contribution in [1.29, 1.82) is 0 Å². The maximum absolute atomic E-state index is 13.7. The summed E-state index contributed by atoms with van der Waals surface area (Å²) >= 11 is 1.66. The van der Waals surface area contributed by atoms with Gasteiger partial charge in [-0.2, -0.15) is 0 Å². The number of piperidine rings is 2. The molecule has 1 atom stereocenters. The number of fused-ring (bicyclic) bond motifs is 9. The summed E-state index contributed by atoms with van der Waals surface area (Å²) in [4.78, 5) is 52.2. The van der Waals surface area contributed by atoms with Crippen molar-refractivity contribution >= 4 is 29.1 Å². The molecule has 206 valence electrons. The Morgan fingerprint density at radius 3 is 2.46 bits per heavy atom. The van der Waals surface area contributed by atoms with E-state index in [1.807, 2.05) is 17.9 Å². The van der Waals surface area contributed by atoms with Crippen LogP contribution in [0.4, 0.5) is 0 Å². The van der Waals surface area contributed by atoms with Crippen molar-refractivity contribution in [3.05, 3.63) is 51.5 Å². The molecule has 6 rings (SSSR count). The number of aromatic nitrogens is 1. The second-order valence-electron chi connectivity index (χ2n) is 10.9. The molecule has 8 nitrogen and oxygen atoms in total. The Balaban J connectivity index is 1.35. The van der Waals surface area contributed by atoms with Gasteiger partial charge >= 0.3 is 0 Å². The lowest BCUT2D eigenvalue weighted by Crippen LogP contribution is -2.55. The third-order valence-electron chi connectivity index (χ3n) is 8.22. The van der Waals surface area contributed by atoms with E-state index in [9.17, 15) is 14.4 Å². The van der Waals surface area contributed by atoms with Crippen molar-refractivity contribution in [3.8, 4) is 12.3 Å². The van der Waals surface area contributed by atoms with Crippen LogP contribution in [0.5, 0.6) is 0 Å². The lowest BCUT2D eigenvalue weighted by molar-refractivity contribution is -0.141. The Morgan fingerprint density at radius 2 is 1.77 bits per heavy atom. The SMILES string of the molecule is C#CC[C@H]1NC(=O)CN(C2CCN(Cc3ccccc3)CC2)C(=O)Cc2nc(sc2C)C2CCN(CC2)C1=O. The molecule has 2 fully saturated rings. The Hall–Kier alpha value is -3.22. The van der Waals surface area contributed by atoms with Crippen molar-refractivity contribution in [2.24, 2.45) is 0 Å². The molecule has 3 amide bonds. The predicted molar refractivity (Wildman–Crippen MR) is 151 cm³/mol. The number of likely N-dealkylation sites (tertiary alicyclic amines) is 1. The lowest BCUT2D eigenvalue weighted by Gasteiger charge is -2.38. The summed E-state index contributed by atoms with van der Waals surface area (Å²) in [5.74, 6) is 2.25. The zero-order valence-corrected chi connectivity index (χ0v) is 23.4. The van der Waals surface area contributed by atoms with Crippen LogP contribution >= 0.6 is 11.3 Å². The van der Waals surface area contributed by atoms with E-state index in [4.69, 9.17) is 11.4 Å². The standard InChI is InChI=1S/C30H37N5O3S/c1-3-7-25-30(38)34-16-10-23(11-17-34)29-32-26(21(2)39-29)18-28(37)35(20-27(36)31-25)24-12-14-33(15-13-24)19-22-8-5-4-6-9-22/h1,4-6,8-9,23-25H,7,10-20H2,2H3,(H,31,36)/t25-/m1/s1. The molecule has 39 heavy (non-hydrogen) atoms. The molecule has 0 unspecified atom stereocenters. The van der Waals surface area contributed by atoms with Gasteiger partial charge in [-0.25, -0.2) is 4.98 Å². The van der Waals surface area contributed by atoms with E-state index in [-0.39, 0.29) is 49.1 Å². The van der Waals surface area contributed by atoms with Gasteiger partial charge in [-0.15, -0.1) is 23.7 Å². The van der Waals surface area contributed by atoms with Crippen LogP contribution < -0.4 is 5.32 Å². The van der Waals surface area contributed by atoms with Crippen molar-refractivity contribution in [2.45, 2.75) is 70.0 Å². The first-order valence-electron chi connectivity index (χ1n) is 13.9. The molecule has 0 aliphatic carbocycles. The number of carbonyl (C=O) groups is 3. The summed E-state index contributed by atoms with van der Waals surface area (Å²) in [6, 6.07) is 9.55. The summed E-state index contributed by atoms with van der Waals surface area (Å²) < 4.78 is 0. The number of nitrogens with one attached hydrogen (secondary N) is 1. The van der Waals surface area contributed by atoms with Crippen molar-refractivity contribution < 1.29 is 14.4 Å². The number of rotatable bonds is 4. The van der Waals surface area contributed by atoms with E-state index >= 15 is 0 Å². The van der Waals surface area contributed by atoms with E-state index in [2.05, 4.69) is 40.4 Å². The first-order valence-corrected chi connectivity index (χ1v) is 14.8. The zero-order chi connectivity index (χ0) is 27.4. The van der Waals surface area contributed by atoms with Crippen LogP contribution in [-0.2, 0) is 27.3 Å². The number of nitrogens with zero attached hydrogens (tertiary/aromatic N) is 4. The maximum atomic E-state index is 13.7. The molecule has 1 N–H and O–H groups in total. The van der Waals surface area contributed by atoms with E-state index in [0.717, 1.165) is 60.9 Å². The van der Waals surface area contributed by atoms with Gasteiger partial charge in [-0.05, 0) is 38.2 Å². The molecule has 4 aliphatic rings. The number of carbonyl (C=O) groups excluding carboxylic acids is 3. The molecule has 0 radical (unpaired) electrons. The highest BCUT2D eigenvalue weighted by Crippen LogP contribution is 2.33. The summed E-state index contributed by atoms with van der Waals surface area (Å²) in [7, 11) is 0. The minimum atomic E-state index is -0.776. The van der Waals surface area contributed by atoms with Crippen molar-refractivity contribution in [1.82, 2.24) is 25.0 Å². The number of benzene rings is 1. The molecule has 4 aliphatic heterocycles. The molecule has 2 saturated heterocycles. The Morgan fingerprint density at radius 1 is 1.05 bits per heavy atom. The van der Waals surface area contributed by atoms with E-state index in [0.29, 0.717) is 13.1 Å². The second-order valence-corrected chi connectivity index (χ2v) is 12.1. The van der Waals surface area contributed by atoms with Crippen LogP contribution in [0, 0.1) is 19.3 Å². The fourth-order valence-corrected chi connectivity index (χ4v) is 7.07. The van der Waals surface area contributed by atoms with Crippen LogP contribution in [0.3, 0.4) is 0 Å². The Bertz CT molecular complexity index is 1220. The topological polar surface area (TPSA) is 85.8 Å². The second kappa shape index (κ2) is 12.3. The summed E-state index contributed by atoms with van der Waals surface area (Å²) in [6.07, 6.45) is 9.09. The quantitative estimate of drug-likeness (QED) is 0.595. The third kappa shape index (κ3) is 6.51. The summed E-state index contributed by atoms with van der Waals surface area (Å²) in [6.45, 7) is 5.72. The molecule has 0 spiro atoms. The van der Waals surface area contributed by atoms with Gasteiger partial charge in [-0.1, -0.05) is 30.3 Å². The fourth-order valence-electron chi connectivity index (χ4n) is 5.97. The van der Waals surface area contributed by atoms with Crippen LogP contribution in [-0.4, -0.2) is 82.2 Å². The van der Waals surface area contributed by atoms with Crippen LogP contribution in [0.15, 0.2) is 30.3 Å². The van der Waals surface area contributed by atoms with Gasteiger partial charge in [0.05, 0.1) is 23.7 Å². The van der Waals surface area contributed by atoms with Crippen LogP contribution in [0.1, 0.15) is 59.2 Å². The number of aryl methyl sites for hydroxylation is 1. The zero-order valence-electron chi connectivity index (χ0n) is 22.6. The first kappa shape index (κ1) is 27.4. The van der Waals surface area contributed by atoms with Crippen molar-refractivity contribution in [2.75, 3.05) is 32.7 Å². The number of terminal acetylenes is 1. The monoisotopic (exact) mass is 547 g/mol. The number of hydrogen-bond acceptors (Lipinski definition) is 6. The van der Waals surface area contributed by atoms with E-state index < -0.39 is 6.04 Å². The van der Waals surface area contributed by atoms with Gasteiger partial charge in [0.15, 0.2) is 0 Å². The Kier molecular flexibility index (Phi) is 8.63. The van der Waals surface area contributed by atoms with Gasteiger partial charge in [0.2, 0.25) is 17.7 Å². The van der Waals surface area contributed by atoms with E-state index in [1.54, 1.807) is 16.2 Å². The lowest BCUT2D eigenvalue weighted by atomic mass is 9.96. The first-order chi connectivity index (χ1) is 18.9. The number of thiazole rings is 1. The third-order valence-corrected chi connectivity index (χ3v) is 9.40. The maximum Gasteiger partial charge on any atom is 0.246 e. The molecule has 4 bridgehead atoms. The van der Waals surface area contributed by atoms with Gasteiger partial charge in [-0.3, -0.25) is 19.3 Å². The molecular formula is C30H37N5O3S. The summed E-state index contributed by atoms with van der Waals surface area (Å²) in [5.41, 5.74) is 2.08. The number of amides is 3. The average molecular weight is 548 g/mol. The number of hydrogen-bond donors (Lipinski definition) is 1. The highest BCUT2D eigenvalue weighted by atomic mass is 32.1. The predicted octanol–water partition coefficient (Wildman–Crippen LogP) is 2.71. The molecule has 9 heteroatoms.